The van der Waals surface area contributed by atoms with Gasteiger partial charge in [0, 0.05) is 11.1 Å². The van der Waals surface area contributed by atoms with Crippen LogP contribution in [0.5, 0.6) is 0 Å². The Morgan fingerprint density at radius 2 is 0.875 bits per heavy atom. The Morgan fingerprint density at radius 3 is 1.32 bits per heavy atom. The second kappa shape index (κ2) is 9.31. The first-order valence-electron chi connectivity index (χ1n) is 13.6. The zero-order chi connectivity index (χ0) is 27.4. The molecule has 2 amide bonds. The highest BCUT2D eigenvalue weighted by atomic mass is 16.2. The summed E-state index contributed by atoms with van der Waals surface area (Å²) in [5.74, 6) is -0.469. The molecule has 2 aliphatic heterocycles. The van der Waals surface area contributed by atoms with Gasteiger partial charge in [0.15, 0.2) is 0 Å². The molecule has 0 saturated heterocycles. The standard InChI is InChI=1S/C35H27N3O2/c1-22-24-12-3-5-14-26(24)28-16-7-9-20-32(28)37(22)34(39)30-18-11-19-31(36-30)35(40)38-23(2)25-13-4-6-15-27(25)29-17-8-10-21-33(29)38/h3-23H,1-2H3/t22-,23-/m1/s1. The lowest BCUT2D eigenvalue weighted by atomic mass is 9.88. The van der Waals surface area contributed by atoms with Crippen molar-refractivity contribution in [2.75, 3.05) is 9.80 Å². The summed E-state index contributed by atoms with van der Waals surface area (Å²) < 4.78 is 0. The number of para-hydroxylation sites is 2. The van der Waals surface area contributed by atoms with Crippen LogP contribution >= 0.6 is 0 Å². The highest BCUT2D eigenvalue weighted by Crippen LogP contribution is 2.46. The molecule has 0 bridgehead atoms. The van der Waals surface area contributed by atoms with Crippen molar-refractivity contribution >= 4 is 23.2 Å². The fourth-order valence-electron chi connectivity index (χ4n) is 6.22. The number of carbonyl (C=O) groups excluding carboxylic acids is 2. The topological polar surface area (TPSA) is 53.5 Å². The molecule has 3 heterocycles. The predicted molar refractivity (Wildman–Crippen MR) is 158 cm³/mol. The molecule has 0 unspecified atom stereocenters. The molecule has 2 atom stereocenters. The quantitative estimate of drug-likeness (QED) is 0.238. The highest BCUT2D eigenvalue weighted by molar-refractivity contribution is 6.12. The molecule has 0 aliphatic carbocycles. The third-order valence-corrected chi connectivity index (χ3v) is 8.13. The first-order chi connectivity index (χ1) is 19.5. The van der Waals surface area contributed by atoms with Gasteiger partial charge in [0.05, 0.1) is 23.5 Å². The maximum absolute atomic E-state index is 14.1. The van der Waals surface area contributed by atoms with Gasteiger partial charge in [0.25, 0.3) is 11.8 Å². The number of hydrogen-bond acceptors (Lipinski definition) is 3. The molecule has 2 aliphatic rings. The van der Waals surface area contributed by atoms with E-state index in [2.05, 4.69) is 29.2 Å². The number of fused-ring (bicyclic) bond motifs is 6. The summed E-state index contributed by atoms with van der Waals surface area (Å²) in [6, 6.07) is 37.0. The predicted octanol–water partition coefficient (Wildman–Crippen LogP) is 7.86. The summed E-state index contributed by atoms with van der Waals surface area (Å²) in [6.07, 6.45) is 0. The van der Waals surface area contributed by atoms with Gasteiger partial charge in [-0.2, -0.15) is 0 Å². The van der Waals surface area contributed by atoms with Crippen molar-refractivity contribution in [3.63, 3.8) is 0 Å². The van der Waals surface area contributed by atoms with E-state index in [-0.39, 0.29) is 35.3 Å². The van der Waals surface area contributed by atoms with Crippen molar-refractivity contribution in [2.45, 2.75) is 25.9 Å². The molecule has 0 fully saturated rings. The van der Waals surface area contributed by atoms with E-state index in [4.69, 9.17) is 0 Å². The molecular formula is C35H27N3O2. The molecule has 7 rings (SSSR count). The monoisotopic (exact) mass is 521 g/mol. The van der Waals surface area contributed by atoms with Gasteiger partial charge in [-0.05, 0) is 60.4 Å². The molecule has 40 heavy (non-hydrogen) atoms. The summed E-state index contributed by atoms with van der Waals surface area (Å²) in [7, 11) is 0. The molecule has 194 valence electrons. The Labute approximate surface area is 233 Å². The Balaban J connectivity index is 1.28. The molecule has 0 saturated carbocycles. The van der Waals surface area contributed by atoms with Crippen LogP contribution in [0.4, 0.5) is 11.4 Å². The van der Waals surface area contributed by atoms with E-state index in [1.807, 2.05) is 86.6 Å². The largest absolute Gasteiger partial charge is 0.299 e. The van der Waals surface area contributed by atoms with Gasteiger partial charge in [-0.1, -0.05) is 91.0 Å². The van der Waals surface area contributed by atoms with E-state index in [9.17, 15) is 9.59 Å². The molecule has 0 spiro atoms. The van der Waals surface area contributed by atoms with E-state index < -0.39 is 0 Å². The van der Waals surface area contributed by atoms with Crippen molar-refractivity contribution < 1.29 is 9.59 Å². The summed E-state index contributed by atoms with van der Waals surface area (Å²) in [4.78, 5) is 36.5. The summed E-state index contributed by atoms with van der Waals surface area (Å²) in [5, 5.41) is 0. The molecule has 4 aromatic carbocycles. The van der Waals surface area contributed by atoms with Crippen LogP contribution in [0.2, 0.25) is 0 Å². The van der Waals surface area contributed by atoms with Crippen molar-refractivity contribution in [3.8, 4) is 22.3 Å². The number of pyridine rings is 1. The van der Waals surface area contributed by atoms with E-state index >= 15 is 0 Å². The van der Waals surface area contributed by atoms with Gasteiger partial charge in [-0.25, -0.2) is 4.98 Å². The third kappa shape index (κ3) is 3.58. The number of hydrogen-bond donors (Lipinski definition) is 0. The van der Waals surface area contributed by atoms with E-state index in [1.54, 1.807) is 28.0 Å². The van der Waals surface area contributed by atoms with Gasteiger partial charge in [-0.3, -0.25) is 19.4 Å². The van der Waals surface area contributed by atoms with Crippen LogP contribution in [0.25, 0.3) is 22.3 Å². The molecular weight excluding hydrogens is 494 g/mol. The minimum Gasteiger partial charge on any atom is -0.299 e. The average molecular weight is 522 g/mol. The lowest BCUT2D eigenvalue weighted by Crippen LogP contribution is -2.38. The van der Waals surface area contributed by atoms with Gasteiger partial charge in [0.1, 0.15) is 11.4 Å². The number of nitrogens with zero attached hydrogens (tertiary/aromatic N) is 3. The molecule has 0 N–H and O–H groups in total. The van der Waals surface area contributed by atoms with E-state index in [0.29, 0.717) is 0 Å². The van der Waals surface area contributed by atoms with Gasteiger partial charge in [-0.15, -0.1) is 0 Å². The molecule has 5 aromatic rings. The summed E-state index contributed by atoms with van der Waals surface area (Å²) >= 11 is 0. The SMILES string of the molecule is C[C@@H]1c2ccccc2-c2ccccc2N1C(=O)c1cccc(C(=O)N2c3ccccc3-c3ccccc3[C@H]2C)n1. The van der Waals surface area contributed by atoms with E-state index in [0.717, 1.165) is 44.8 Å². The van der Waals surface area contributed by atoms with Crippen LogP contribution in [0.3, 0.4) is 0 Å². The van der Waals surface area contributed by atoms with Crippen molar-refractivity contribution in [1.29, 1.82) is 0 Å². The van der Waals surface area contributed by atoms with Crippen molar-refractivity contribution in [3.05, 3.63) is 138 Å². The summed E-state index contributed by atoms with van der Waals surface area (Å²) in [6.45, 7) is 4.07. The smallest absolute Gasteiger partial charge is 0.277 e. The van der Waals surface area contributed by atoms with Crippen LogP contribution in [0.1, 0.15) is 58.0 Å². The lowest BCUT2D eigenvalue weighted by molar-refractivity contribution is 0.0969. The lowest BCUT2D eigenvalue weighted by Gasteiger charge is -2.37. The number of anilines is 2. The minimum absolute atomic E-state index is 0.190. The zero-order valence-corrected chi connectivity index (χ0v) is 22.3. The Bertz CT molecular complexity index is 1680. The van der Waals surface area contributed by atoms with Crippen LogP contribution in [-0.2, 0) is 0 Å². The Morgan fingerprint density at radius 1 is 0.500 bits per heavy atom. The van der Waals surface area contributed by atoms with Crippen LogP contribution in [0, 0.1) is 0 Å². The molecule has 1 aromatic heterocycles. The molecule has 5 heteroatoms. The first kappa shape index (κ1) is 24.0. The Kier molecular flexibility index (Phi) is 5.60. The normalized spacial score (nSPS) is 16.9. The number of aromatic nitrogens is 1. The summed E-state index contributed by atoms with van der Waals surface area (Å²) in [5.41, 5.74) is 8.60. The van der Waals surface area contributed by atoms with Crippen molar-refractivity contribution in [1.82, 2.24) is 4.98 Å². The molecule has 5 nitrogen and oxygen atoms in total. The van der Waals surface area contributed by atoms with Gasteiger partial charge >= 0.3 is 0 Å². The Hall–Kier alpha value is -5.03. The number of rotatable bonds is 2. The van der Waals surface area contributed by atoms with Crippen molar-refractivity contribution in [2.24, 2.45) is 0 Å². The fourth-order valence-corrected chi connectivity index (χ4v) is 6.22. The average Bonchev–Trinajstić information content (AvgIpc) is 3.01. The highest BCUT2D eigenvalue weighted by Gasteiger charge is 2.35. The number of carbonyl (C=O) groups is 2. The first-order valence-corrected chi connectivity index (χ1v) is 13.6. The van der Waals surface area contributed by atoms with Gasteiger partial charge in [0.2, 0.25) is 0 Å². The maximum atomic E-state index is 14.1. The number of benzene rings is 4. The number of amides is 2. The van der Waals surface area contributed by atoms with Crippen LogP contribution < -0.4 is 9.80 Å². The zero-order valence-electron chi connectivity index (χ0n) is 22.3. The van der Waals surface area contributed by atoms with Crippen LogP contribution in [-0.4, -0.2) is 16.8 Å². The second-order valence-electron chi connectivity index (χ2n) is 10.3. The van der Waals surface area contributed by atoms with E-state index in [1.165, 1.54) is 0 Å². The molecule has 0 radical (unpaired) electrons. The minimum atomic E-state index is -0.235. The second-order valence-corrected chi connectivity index (χ2v) is 10.3. The third-order valence-electron chi connectivity index (χ3n) is 8.13. The van der Waals surface area contributed by atoms with Crippen LogP contribution in [0.15, 0.2) is 115 Å². The van der Waals surface area contributed by atoms with Gasteiger partial charge < -0.3 is 0 Å². The fraction of sp³-hybridized carbons (Fsp3) is 0.114. The maximum Gasteiger partial charge on any atom is 0.277 e.